The highest BCUT2D eigenvalue weighted by Gasteiger charge is 2.11. The Kier molecular flexibility index (Phi) is 9.60. The first kappa shape index (κ1) is 23.9. The molecule has 0 fully saturated rings. The summed E-state index contributed by atoms with van der Waals surface area (Å²) in [6.07, 6.45) is 0. The molecule has 0 radical (unpaired) electrons. The van der Waals surface area contributed by atoms with Gasteiger partial charge in [0.05, 0.1) is 32.3 Å². The first-order chi connectivity index (χ1) is 13.7. The second-order valence-corrected chi connectivity index (χ2v) is 6.88. The Balaban J connectivity index is 0.000000308. The van der Waals surface area contributed by atoms with Gasteiger partial charge in [0.25, 0.3) is 10.0 Å². The van der Waals surface area contributed by atoms with Gasteiger partial charge in [-0.25, -0.2) is 13.2 Å². The summed E-state index contributed by atoms with van der Waals surface area (Å²) >= 11 is 0. The number of ether oxygens (including phenoxy) is 2. The van der Waals surface area contributed by atoms with Crippen LogP contribution in [-0.4, -0.2) is 54.2 Å². The van der Waals surface area contributed by atoms with Crippen LogP contribution < -0.4 is 19.7 Å². The van der Waals surface area contributed by atoms with Crippen molar-refractivity contribution in [1.82, 2.24) is 14.9 Å². The van der Waals surface area contributed by atoms with Gasteiger partial charge in [-0.05, 0) is 12.1 Å². The van der Waals surface area contributed by atoms with E-state index in [9.17, 15) is 21.6 Å². The Morgan fingerprint density at radius 2 is 1.59 bits per heavy atom. The van der Waals surface area contributed by atoms with E-state index in [0.717, 1.165) is 0 Å². The molecule has 158 valence electrons. The SMILES string of the molecule is CONS(=O)(=O)c1ccccc1.COc1cc(OC)nc(NC(=O)N=S(=O)=O)n1. The summed E-state index contributed by atoms with van der Waals surface area (Å²) in [5.74, 6) is 0.117. The molecule has 0 bridgehead atoms. The fraction of sp³-hybridized carbons (Fsp3) is 0.214. The molecule has 2 amide bonds. The van der Waals surface area contributed by atoms with Crippen molar-refractivity contribution in [1.29, 1.82) is 0 Å². The highest BCUT2D eigenvalue weighted by Crippen LogP contribution is 2.17. The standard InChI is InChI=1S/C7H8N4O5S.C7H9NO3S/c1-15-4-3-5(16-2)9-6(8-4)10-7(12)11-17(13)14;1-11-8-12(9,10)7-5-3-2-4-6-7/h3H,1-2H3,(H,8,9,10,12);2-6,8H,1H3. The van der Waals surface area contributed by atoms with Crippen molar-refractivity contribution in [3.05, 3.63) is 36.4 Å². The molecule has 13 nitrogen and oxygen atoms in total. The van der Waals surface area contributed by atoms with Crippen LogP contribution in [0.25, 0.3) is 0 Å². The van der Waals surface area contributed by atoms with Crippen LogP contribution in [-0.2, 0) is 25.4 Å². The third kappa shape index (κ3) is 8.60. The van der Waals surface area contributed by atoms with Crippen LogP contribution in [0.4, 0.5) is 10.7 Å². The fourth-order valence-electron chi connectivity index (χ4n) is 1.61. The van der Waals surface area contributed by atoms with E-state index in [0.29, 0.717) is 0 Å². The van der Waals surface area contributed by atoms with Gasteiger partial charge in [0, 0.05) is 0 Å². The van der Waals surface area contributed by atoms with Crippen LogP contribution >= 0.6 is 0 Å². The van der Waals surface area contributed by atoms with E-state index in [-0.39, 0.29) is 22.6 Å². The second-order valence-electron chi connectivity index (χ2n) is 4.62. The molecule has 0 aliphatic heterocycles. The summed E-state index contributed by atoms with van der Waals surface area (Å²) in [5.41, 5.74) is 0. The quantitative estimate of drug-likeness (QED) is 0.597. The number of hydrogen-bond donors (Lipinski definition) is 2. The summed E-state index contributed by atoms with van der Waals surface area (Å²) in [6, 6.07) is 8.27. The van der Waals surface area contributed by atoms with Gasteiger partial charge in [0.1, 0.15) is 0 Å². The van der Waals surface area contributed by atoms with E-state index in [1.807, 2.05) is 10.2 Å². The van der Waals surface area contributed by atoms with Gasteiger partial charge in [0.15, 0.2) is 0 Å². The van der Waals surface area contributed by atoms with Crippen molar-refractivity contribution >= 4 is 32.5 Å². The number of benzene rings is 1. The molecule has 2 N–H and O–H groups in total. The predicted octanol–water partition coefficient (Wildman–Crippen LogP) is 0.615. The van der Waals surface area contributed by atoms with Crippen LogP contribution in [0.3, 0.4) is 0 Å². The molecule has 1 aromatic heterocycles. The fourth-order valence-corrected chi connectivity index (χ4v) is 2.62. The molecule has 0 atom stereocenters. The number of urea groups is 1. The molecule has 0 spiro atoms. The number of sulfonamides is 1. The molecule has 2 aromatic rings. The zero-order chi connectivity index (χ0) is 21.9. The summed E-state index contributed by atoms with van der Waals surface area (Å²) in [5, 5.41) is 2.04. The number of anilines is 1. The monoisotopic (exact) mass is 447 g/mol. The molecule has 0 unspecified atom stereocenters. The molecule has 1 aromatic carbocycles. The normalized spacial score (nSPS) is 10.2. The minimum Gasteiger partial charge on any atom is -0.481 e. The van der Waals surface area contributed by atoms with Gasteiger partial charge < -0.3 is 9.47 Å². The minimum absolute atomic E-state index is 0.149. The van der Waals surface area contributed by atoms with Gasteiger partial charge >= 0.3 is 16.5 Å². The highest BCUT2D eigenvalue weighted by molar-refractivity contribution is 7.89. The topological polar surface area (TPSA) is 175 Å². The first-order valence-corrected chi connectivity index (χ1v) is 9.92. The molecular weight excluding hydrogens is 430 g/mol. The number of carbonyl (C=O) groups is 1. The van der Waals surface area contributed by atoms with Crippen LogP contribution in [0.15, 0.2) is 45.7 Å². The lowest BCUT2D eigenvalue weighted by Crippen LogP contribution is -2.22. The number of methoxy groups -OCH3 is 2. The zero-order valence-corrected chi connectivity index (χ0v) is 17.0. The van der Waals surface area contributed by atoms with Crippen LogP contribution in [0, 0.1) is 0 Å². The summed E-state index contributed by atoms with van der Waals surface area (Å²) in [4.78, 5) is 24.9. The van der Waals surface area contributed by atoms with E-state index in [1.54, 1.807) is 18.2 Å². The maximum absolute atomic E-state index is 11.2. The lowest BCUT2D eigenvalue weighted by Gasteiger charge is -2.05. The molecule has 0 saturated heterocycles. The highest BCUT2D eigenvalue weighted by atomic mass is 32.2. The Bertz CT molecular complexity index is 1030. The third-order valence-corrected chi connectivity index (χ3v) is 4.31. The van der Waals surface area contributed by atoms with E-state index in [2.05, 4.69) is 19.2 Å². The number of aromatic nitrogens is 2. The average Bonchev–Trinajstić information content (AvgIpc) is 2.68. The Morgan fingerprint density at radius 1 is 1.03 bits per heavy atom. The molecule has 0 aliphatic carbocycles. The number of hydrogen-bond acceptors (Lipinski definition) is 10. The molecule has 0 saturated carbocycles. The minimum atomic E-state index is -3.48. The molecule has 2 rings (SSSR count). The summed E-state index contributed by atoms with van der Waals surface area (Å²) in [7, 11) is -2.34. The molecule has 1 heterocycles. The zero-order valence-electron chi connectivity index (χ0n) is 15.4. The number of carbonyl (C=O) groups excluding carboxylic acids is 1. The predicted molar refractivity (Wildman–Crippen MR) is 99.3 cm³/mol. The third-order valence-electron chi connectivity index (χ3n) is 2.72. The first-order valence-electron chi connectivity index (χ1n) is 7.40. The summed E-state index contributed by atoms with van der Waals surface area (Å²) < 4.78 is 55.0. The lowest BCUT2D eigenvalue weighted by atomic mass is 10.4. The second kappa shape index (κ2) is 11.6. The van der Waals surface area contributed by atoms with Gasteiger partial charge in [0.2, 0.25) is 17.7 Å². The number of nitrogens with zero attached hydrogens (tertiary/aromatic N) is 3. The van der Waals surface area contributed by atoms with E-state index < -0.39 is 26.6 Å². The van der Waals surface area contributed by atoms with Crippen LogP contribution in [0.5, 0.6) is 11.8 Å². The van der Waals surface area contributed by atoms with Crippen molar-refractivity contribution in [3.63, 3.8) is 0 Å². The Hall–Kier alpha value is -3.14. The number of nitrogens with one attached hydrogen (secondary N) is 2. The van der Waals surface area contributed by atoms with Crippen molar-refractivity contribution < 1.29 is 35.9 Å². The van der Waals surface area contributed by atoms with Crippen molar-refractivity contribution in [2.45, 2.75) is 4.90 Å². The number of rotatable bonds is 6. The van der Waals surface area contributed by atoms with Gasteiger partial charge in [-0.1, -0.05) is 27.4 Å². The Labute approximate surface area is 167 Å². The Morgan fingerprint density at radius 3 is 2.03 bits per heavy atom. The van der Waals surface area contributed by atoms with Crippen molar-refractivity contribution in [2.24, 2.45) is 4.36 Å². The van der Waals surface area contributed by atoms with Crippen LogP contribution in [0.2, 0.25) is 0 Å². The average molecular weight is 447 g/mol. The van der Waals surface area contributed by atoms with Crippen molar-refractivity contribution in [3.8, 4) is 11.8 Å². The molecule has 29 heavy (non-hydrogen) atoms. The largest absolute Gasteiger partial charge is 0.481 e. The molecule has 0 aliphatic rings. The summed E-state index contributed by atoms with van der Waals surface area (Å²) in [6.45, 7) is 0. The van der Waals surface area contributed by atoms with E-state index in [4.69, 9.17) is 9.47 Å². The van der Waals surface area contributed by atoms with Gasteiger partial charge in [-0.15, -0.1) is 0 Å². The molecule has 15 heteroatoms. The van der Waals surface area contributed by atoms with E-state index in [1.165, 1.54) is 39.5 Å². The number of amides is 2. The molecular formula is C14H17N5O8S2. The van der Waals surface area contributed by atoms with Gasteiger partial charge in [-0.3, -0.25) is 10.2 Å². The lowest BCUT2D eigenvalue weighted by molar-refractivity contribution is 0.153. The van der Waals surface area contributed by atoms with Crippen molar-refractivity contribution in [2.75, 3.05) is 26.6 Å². The van der Waals surface area contributed by atoms with Crippen LogP contribution in [0.1, 0.15) is 0 Å². The van der Waals surface area contributed by atoms with Gasteiger partial charge in [-0.2, -0.15) is 18.4 Å². The van der Waals surface area contributed by atoms with E-state index >= 15 is 0 Å². The maximum atomic E-state index is 11.2. The smallest absolute Gasteiger partial charge is 0.362 e. The maximum Gasteiger partial charge on any atom is 0.362 e.